The second-order valence-corrected chi connectivity index (χ2v) is 12.8. The summed E-state index contributed by atoms with van der Waals surface area (Å²) in [6.45, 7) is 3.61. The third-order valence-corrected chi connectivity index (χ3v) is 10.4. The van der Waals surface area contributed by atoms with Crippen molar-refractivity contribution in [1.82, 2.24) is 18.8 Å². The molecule has 2 aliphatic heterocycles. The minimum atomic E-state index is -3.67. The molecule has 9 nitrogen and oxygen atoms in total. The maximum absolute atomic E-state index is 13.1. The van der Waals surface area contributed by atoms with Crippen LogP contribution in [-0.4, -0.2) is 88.6 Å². The number of halogens is 1. The molecule has 0 aliphatic carbocycles. The Hall–Kier alpha value is -2.38. The van der Waals surface area contributed by atoms with Crippen molar-refractivity contribution in [2.24, 2.45) is 0 Å². The standard InChI is InChI=1S/C24H31FN4O5S2/c25-21-6-10-23(11-7-21)36(33,34)29-18-16-27(17-19-29)15-12-26-24(30)20-4-8-22(9-5-20)35(31,32)28-13-2-1-3-14-28/h4-11H,1-3,12-19H2,(H,26,30). The topological polar surface area (TPSA) is 107 Å². The van der Waals surface area contributed by atoms with Crippen molar-refractivity contribution < 1.29 is 26.0 Å². The lowest BCUT2D eigenvalue weighted by Gasteiger charge is -2.33. The molecular formula is C24H31FN4O5S2. The Morgan fingerprint density at radius 2 is 1.22 bits per heavy atom. The van der Waals surface area contributed by atoms with Gasteiger partial charge >= 0.3 is 0 Å². The van der Waals surface area contributed by atoms with Gasteiger partial charge in [0.1, 0.15) is 5.82 Å². The van der Waals surface area contributed by atoms with Crippen LogP contribution >= 0.6 is 0 Å². The van der Waals surface area contributed by atoms with E-state index in [1.54, 1.807) is 0 Å². The third-order valence-electron chi connectivity index (χ3n) is 6.57. The molecule has 0 bridgehead atoms. The minimum Gasteiger partial charge on any atom is -0.351 e. The Bertz CT molecular complexity index is 1250. The zero-order valence-electron chi connectivity index (χ0n) is 20.0. The molecule has 2 saturated heterocycles. The first-order chi connectivity index (χ1) is 17.2. The summed E-state index contributed by atoms with van der Waals surface area (Å²) < 4.78 is 67.0. The maximum Gasteiger partial charge on any atom is 0.251 e. The molecule has 4 rings (SSSR count). The van der Waals surface area contributed by atoms with Gasteiger partial charge in [-0.25, -0.2) is 21.2 Å². The van der Waals surface area contributed by atoms with Gasteiger partial charge in [-0.15, -0.1) is 0 Å². The normalized spacial score (nSPS) is 18.7. The molecule has 12 heteroatoms. The summed E-state index contributed by atoms with van der Waals surface area (Å²) in [6.07, 6.45) is 2.76. The van der Waals surface area contributed by atoms with Gasteiger partial charge in [-0.2, -0.15) is 8.61 Å². The van der Waals surface area contributed by atoms with Crippen molar-refractivity contribution in [3.05, 3.63) is 59.9 Å². The van der Waals surface area contributed by atoms with Crippen LogP contribution in [0.3, 0.4) is 0 Å². The average molecular weight is 539 g/mol. The third kappa shape index (κ3) is 6.12. The lowest BCUT2D eigenvalue weighted by atomic mass is 10.2. The zero-order valence-corrected chi connectivity index (χ0v) is 21.6. The predicted octanol–water partition coefficient (Wildman–Crippen LogP) is 1.74. The van der Waals surface area contributed by atoms with E-state index in [-0.39, 0.29) is 15.7 Å². The first-order valence-electron chi connectivity index (χ1n) is 12.0. The molecule has 2 aromatic rings. The second kappa shape index (κ2) is 11.3. The molecule has 0 unspecified atom stereocenters. The van der Waals surface area contributed by atoms with Crippen LogP contribution in [0.5, 0.6) is 0 Å². The van der Waals surface area contributed by atoms with Gasteiger partial charge < -0.3 is 5.32 Å². The molecule has 2 aromatic carbocycles. The van der Waals surface area contributed by atoms with Crippen molar-refractivity contribution in [3.8, 4) is 0 Å². The number of carbonyl (C=O) groups excluding carboxylic acids is 1. The molecule has 1 N–H and O–H groups in total. The van der Waals surface area contributed by atoms with E-state index in [9.17, 15) is 26.0 Å². The van der Waals surface area contributed by atoms with E-state index >= 15 is 0 Å². The number of carbonyl (C=O) groups is 1. The SMILES string of the molecule is O=C(NCCN1CCN(S(=O)(=O)c2ccc(F)cc2)CC1)c1ccc(S(=O)(=O)N2CCCCC2)cc1. The summed E-state index contributed by atoms with van der Waals surface area (Å²) in [7, 11) is -7.21. The van der Waals surface area contributed by atoms with Gasteiger partial charge in [0.2, 0.25) is 20.0 Å². The molecule has 196 valence electrons. The van der Waals surface area contributed by atoms with Crippen molar-refractivity contribution in [2.45, 2.75) is 29.1 Å². The van der Waals surface area contributed by atoms with Crippen LogP contribution in [0.25, 0.3) is 0 Å². The van der Waals surface area contributed by atoms with E-state index < -0.39 is 25.9 Å². The number of hydrogen-bond donors (Lipinski definition) is 1. The summed E-state index contributed by atoms with van der Waals surface area (Å²) in [6, 6.07) is 10.8. The number of nitrogens with one attached hydrogen (secondary N) is 1. The summed E-state index contributed by atoms with van der Waals surface area (Å²) in [5, 5.41) is 2.83. The fourth-order valence-electron chi connectivity index (χ4n) is 4.41. The summed E-state index contributed by atoms with van der Waals surface area (Å²) in [5.41, 5.74) is 0.378. The van der Waals surface area contributed by atoms with Gasteiger partial charge in [-0.05, 0) is 61.4 Å². The molecule has 2 fully saturated rings. The lowest BCUT2D eigenvalue weighted by Crippen LogP contribution is -2.50. The molecule has 0 spiro atoms. The molecule has 1 amide bonds. The summed E-state index contributed by atoms with van der Waals surface area (Å²) >= 11 is 0. The Morgan fingerprint density at radius 1 is 0.722 bits per heavy atom. The van der Waals surface area contributed by atoms with E-state index in [0.29, 0.717) is 57.9 Å². The highest BCUT2D eigenvalue weighted by molar-refractivity contribution is 7.89. The lowest BCUT2D eigenvalue weighted by molar-refractivity contribution is 0.0945. The number of sulfonamides is 2. The highest BCUT2D eigenvalue weighted by atomic mass is 32.2. The zero-order chi connectivity index (χ0) is 25.8. The number of benzene rings is 2. The van der Waals surface area contributed by atoms with Crippen LogP contribution in [0.15, 0.2) is 58.3 Å². The first kappa shape index (κ1) is 26.7. The smallest absolute Gasteiger partial charge is 0.251 e. The van der Waals surface area contributed by atoms with Gasteiger partial charge in [0.05, 0.1) is 9.79 Å². The number of piperidine rings is 1. The molecule has 0 saturated carbocycles. The van der Waals surface area contributed by atoms with Crippen LogP contribution < -0.4 is 5.32 Å². The number of nitrogens with zero attached hydrogens (tertiary/aromatic N) is 3. The molecule has 2 aliphatic rings. The van der Waals surface area contributed by atoms with E-state index in [1.807, 2.05) is 0 Å². The molecular weight excluding hydrogens is 507 g/mol. The van der Waals surface area contributed by atoms with Gasteiger partial charge in [-0.1, -0.05) is 6.42 Å². The first-order valence-corrected chi connectivity index (χ1v) is 14.9. The largest absolute Gasteiger partial charge is 0.351 e. The molecule has 36 heavy (non-hydrogen) atoms. The van der Waals surface area contributed by atoms with Crippen molar-refractivity contribution >= 4 is 26.0 Å². The monoisotopic (exact) mass is 538 g/mol. The van der Waals surface area contributed by atoms with Gasteiger partial charge in [0.15, 0.2) is 0 Å². The van der Waals surface area contributed by atoms with Crippen LogP contribution in [0.2, 0.25) is 0 Å². The second-order valence-electron chi connectivity index (χ2n) is 8.94. The molecule has 0 radical (unpaired) electrons. The summed E-state index contributed by atoms with van der Waals surface area (Å²) in [5.74, 6) is -0.784. The number of amides is 1. The Balaban J connectivity index is 1.23. The van der Waals surface area contributed by atoms with Crippen LogP contribution in [-0.2, 0) is 20.0 Å². The van der Waals surface area contributed by atoms with Crippen LogP contribution in [0, 0.1) is 5.82 Å². The quantitative estimate of drug-likeness (QED) is 0.549. The molecule has 2 heterocycles. The van der Waals surface area contributed by atoms with E-state index in [1.165, 1.54) is 45.0 Å². The molecule has 0 atom stereocenters. The van der Waals surface area contributed by atoms with Crippen LogP contribution in [0.4, 0.5) is 4.39 Å². The van der Waals surface area contributed by atoms with Gasteiger partial charge in [-0.3, -0.25) is 9.69 Å². The average Bonchev–Trinajstić information content (AvgIpc) is 2.90. The maximum atomic E-state index is 13.1. The summed E-state index contributed by atoms with van der Waals surface area (Å²) in [4.78, 5) is 14.8. The molecule has 0 aromatic heterocycles. The van der Waals surface area contributed by atoms with E-state index in [2.05, 4.69) is 10.2 Å². The van der Waals surface area contributed by atoms with Crippen LogP contribution in [0.1, 0.15) is 29.6 Å². The number of rotatable bonds is 8. The minimum absolute atomic E-state index is 0.0689. The number of hydrogen-bond acceptors (Lipinski definition) is 6. The Kier molecular flexibility index (Phi) is 8.41. The number of piperazine rings is 1. The fraction of sp³-hybridized carbons (Fsp3) is 0.458. The van der Waals surface area contributed by atoms with E-state index in [0.717, 1.165) is 31.4 Å². The highest BCUT2D eigenvalue weighted by Crippen LogP contribution is 2.21. The Labute approximate surface area is 212 Å². The highest BCUT2D eigenvalue weighted by Gasteiger charge is 2.29. The fourth-order valence-corrected chi connectivity index (χ4v) is 7.35. The van der Waals surface area contributed by atoms with Crippen molar-refractivity contribution in [1.29, 1.82) is 0 Å². The van der Waals surface area contributed by atoms with E-state index in [4.69, 9.17) is 0 Å². The van der Waals surface area contributed by atoms with Crippen molar-refractivity contribution in [3.63, 3.8) is 0 Å². The predicted molar refractivity (Wildman–Crippen MR) is 133 cm³/mol. The Morgan fingerprint density at radius 3 is 1.78 bits per heavy atom. The van der Waals surface area contributed by atoms with Crippen molar-refractivity contribution in [2.75, 3.05) is 52.4 Å². The van der Waals surface area contributed by atoms with Gasteiger partial charge in [0.25, 0.3) is 5.91 Å². The van der Waals surface area contributed by atoms with Gasteiger partial charge in [0, 0.05) is 57.9 Å².